The molecule has 2 heterocycles. The number of nitrogens with zero attached hydrogens (tertiary/aromatic N) is 2. The van der Waals surface area contributed by atoms with Gasteiger partial charge in [0, 0.05) is 30.0 Å². The first-order valence-corrected chi connectivity index (χ1v) is 7.17. The van der Waals surface area contributed by atoms with Gasteiger partial charge in [-0.2, -0.15) is 0 Å². The third-order valence-electron chi connectivity index (χ3n) is 3.58. The van der Waals surface area contributed by atoms with Crippen LogP contribution in [0.25, 0.3) is 0 Å². The Bertz CT molecular complexity index is 445. The van der Waals surface area contributed by atoms with Gasteiger partial charge in [0.2, 0.25) is 0 Å². The molecule has 1 saturated heterocycles. The highest BCUT2D eigenvalue weighted by Crippen LogP contribution is 2.30. The summed E-state index contributed by atoms with van der Waals surface area (Å²) in [6.45, 7) is 6.26. The number of hydrogen-bond acceptors (Lipinski definition) is 2. The molecule has 4 heteroatoms. The van der Waals surface area contributed by atoms with Crippen molar-refractivity contribution in [1.82, 2.24) is 9.88 Å². The second-order valence-corrected chi connectivity index (χ2v) is 6.62. The number of halogens is 1. The van der Waals surface area contributed by atoms with E-state index in [1.807, 2.05) is 11.0 Å². The molecule has 0 spiro atoms. The average molecular weight is 311 g/mol. The monoisotopic (exact) mass is 310 g/mol. The predicted octanol–water partition coefficient (Wildman–Crippen LogP) is 3.50. The second-order valence-electron chi connectivity index (χ2n) is 5.70. The van der Waals surface area contributed by atoms with Gasteiger partial charge in [0.1, 0.15) is 0 Å². The van der Waals surface area contributed by atoms with Gasteiger partial charge < -0.3 is 4.90 Å². The minimum absolute atomic E-state index is 0.0986. The first-order valence-electron chi connectivity index (χ1n) is 6.38. The molecule has 1 aliphatic heterocycles. The van der Waals surface area contributed by atoms with Crippen LogP contribution in [-0.2, 0) is 0 Å². The quantitative estimate of drug-likeness (QED) is 0.795. The van der Waals surface area contributed by atoms with Gasteiger partial charge in [-0.15, -0.1) is 0 Å². The fourth-order valence-electron chi connectivity index (χ4n) is 2.34. The van der Waals surface area contributed by atoms with Crippen LogP contribution in [0, 0.1) is 5.41 Å². The molecular formula is C14H19BrN2O. The Hall–Kier alpha value is -0.900. The third kappa shape index (κ3) is 3.31. The molecule has 3 nitrogen and oxygen atoms in total. The molecule has 0 saturated carbocycles. The summed E-state index contributed by atoms with van der Waals surface area (Å²) in [5.41, 5.74) is 1.02. The van der Waals surface area contributed by atoms with Gasteiger partial charge in [-0.05, 0) is 46.7 Å². The number of aromatic nitrogens is 1. The molecule has 0 aliphatic carbocycles. The summed E-state index contributed by atoms with van der Waals surface area (Å²) in [6.07, 6.45) is 6.68. The largest absolute Gasteiger partial charge is 0.339 e. The molecule has 1 fully saturated rings. The predicted molar refractivity (Wildman–Crippen MR) is 75.5 cm³/mol. The van der Waals surface area contributed by atoms with Crippen LogP contribution in [0.3, 0.4) is 0 Å². The van der Waals surface area contributed by atoms with Gasteiger partial charge in [-0.25, -0.2) is 0 Å². The number of rotatable bonds is 1. The summed E-state index contributed by atoms with van der Waals surface area (Å²) in [6, 6.07) is 1.84. The minimum Gasteiger partial charge on any atom is -0.339 e. The van der Waals surface area contributed by atoms with Crippen molar-refractivity contribution < 1.29 is 4.79 Å². The number of carbonyl (C=O) groups is 1. The van der Waals surface area contributed by atoms with Crippen LogP contribution in [0.15, 0.2) is 22.9 Å². The van der Waals surface area contributed by atoms with E-state index in [-0.39, 0.29) is 5.91 Å². The Morgan fingerprint density at radius 3 is 2.83 bits per heavy atom. The van der Waals surface area contributed by atoms with Crippen molar-refractivity contribution in [3.63, 3.8) is 0 Å². The molecular weight excluding hydrogens is 292 g/mol. The van der Waals surface area contributed by atoms with E-state index in [0.29, 0.717) is 11.0 Å². The van der Waals surface area contributed by atoms with Crippen molar-refractivity contribution in [2.24, 2.45) is 5.41 Å². The van der Waals surface area contributed by atoms with Crippen LogP contribution < -0.4 is 0 Å². The van der Waals surface area contributed by atoms with E-state index in [9.17, 15) is 4.79 Å². The highest BCUT2D eigenvalue weighted by molar-refractivity contribution is 9.10. The number of carbonyl (C=O) groups excluding carboxylic acids is 1. The molecule has 98 valence electrons. The van der Waals surface area contributed by atoms with Crippen molar-refractivity contribution in [3.05, 3.63) is 28.5 Å². The van der Waals surface area contributed by atoms with Crippen LogP contribution in [0.4, 0.5) is 0 Å². The molecule has 0 bridgehead atoms. The standard InChI is InChI=1S/C14H19BrN2O/c1-14(2)4-3-6-17(7-5-14)13(18)11-8-12(15)10-16-9-11/h8-10H,3-7H2,1-2H3. The van der Waals surface area contributed by atoms with Gasteiger partial charge in [-0.3, -0.25) is 9.78 Å². The van der Waals surface area contributed by atoms with E-state index in [2.05, 4.69) is 34.8 Å². The van der Waals surface area contributed by atoms with Crippen LogP contribution in [0.5, 0.6) is 0 Å². The van der Waals surface area contributed by atoms with Gasteiger partial charge in [0.05, 0.1) is 5.56 Å². The molecule has 0 radical (unpaired) electrons. The van der Waals surface area contributed by atoms with Crippen molar-refractivity contribution in [2.45, 2.75) is 33.1 Å². The molecule has 2 rings (SSSR count). The summed E-state index contributed by atoms with van der Waals surface area (Å²) in [4.78, 5) is 18.4. The lowest BCUT2D eigenvalue weighted by Gasteiger charge is -2.23. The summed E-state index contributed by atoms with van der Waals surface area (Å²) < 4.78 is 0.850. The van der Waals surface area contributed by atoms with E-state index >= 15 is 0 Å². The molecule has 0 N–H and O–H groups in total. The molecule has 1 aromatic rings. The zero-order chi connectivity index (χ0) is 13.2. The molecule has 1 aromatic heterocycles. The highest BCUT2D eigenvalue weighted by atomic mass is 79.9. The normalized spacial score (nSPS) is 19.4. The Balaban J connectivity index is 2.10. The molecule has 0 atom stereocenters. The van der Waals surface area contributed by atoms with E-state index in [1.54, 1.807) is 12.4 Å². The maximum atomic E-state index is 12.4. The van der Waals surface area contributed by atoms with Crippen molar-refractivity contribution in [1.29, 1.82) is 0 Å². The average Bonchev–Trinajstić information content (AvgIpc) is 2.49. The van der Waals surface area contributed by atoms with Crippen LogP contribution >= 0.6 is 15.9 Å². The van der Waals surface area contributed by atoms with Crippen molar-refractivity contribution in [3.8, 4) is 0 Å². The van der Waals surface area contributed by atoms with Crippen molar-refractivity contribution >= 4 is 21.8 Å². The van der Waals surface area contributed by atoms with E-state index in [1.165, 1.54) is 6.42 Å². The maximum Gasteiger partial charge on any atom is 0.255 e. The first kappa shape index (κ1) is 13.5. The Kier molecular flexibility index (Phi) is 4.05. The van der Waals surface area contributed by atoms with E-state index in [4.69, 9.17) is 0 Å². The fourth-order valence-corrected chi connectivity index (χ4v) is 2.70. The summed E-state index contributed by atoms with van der Waals surface area (Å²) in [5.74, 6) is 0.0986. The van der Waals surface area contributed by atoms with Crippen LogP contribution in [0.1, 0.15) is 43.5 Å². The summed E-state index contributed by atoms with van der Waals surface area (Å²) in [7, 11) is 0. The number of pyridine rings is 1. The van der Waals surface area contributed by atoms with Gasteiger partial charge in [-0.1, -0.05) is 13.8 Å². The number of hydrogen-bond donors (Lipinski definition) is 0. The van der Waals surface area contributed by atoms with E-state index < -0.39 is 0 Å². The zero-order valence-electron chi connectivity index (χ0n) is 10.9. The third-order valence-corrected chi connectivity index (χ3v) is 4.01. The Labute approximate surface area is 117 Å². The molecule has 0 aromatic carbocycles. The lowest BCUT2D eigenvalue weighted by molar-refractivity contribution is 0.0757. The smallest absolute Gasteiger partial charge is 0.255 e. The molecule has 1 amide bonds. The fraction of sp³-hybridized carbons (Fsp3) is 0.571. The van der Waals surface area contributed by atoms with Crippen molar-refractivity contribution in [2.75, 3.05) is 13.1 Å². The second kappa shape index (κ2) is 5.39. The van der Waals surface area contributed by atoms with E-state index in [0.717, 1.165) is 30.4 Å². The summed E-state index contributed by atoms with van der Waals surface area (Å²) >= 11 is 3.35. The minimum atomic E-state index is 0.0986. The Morgan fingerprint density at radius 1 is 1.33 bits per heavy atom. The van der Waals surface area contributed by atoms with Gasteiger partial charge in [0.25, 0.3) is 5.91 Å². The number of likely N-dealkylation sites (tertiary alicyclic amines) is 1. The van der Waals surface area contributed by atoms with Gasteiger partial charge >= 0.3 is 0 Å². The lowest BCUT2D eigenvalue weighted by Crippen LogP contribution is -2.32. The molecule has 0 unspecified atom stereocenters. The van der Waals surface area contributed by atoms with Crippen LogP contribution in [-0.4, -0.2) is 28.9 Å². The first-order chi connectivity index (χ1) is 8.48. The summed E-state index contributed by atoms with van der Waals surface area (Å²) in [5, 5.41) is 0. The molecule has 1 aliphatic rings. The van der Waals surface area contributed by atoms with Gasteiger partial charge in [0.15, 0.2) is 0 Å². The number of amides is 1. The topological polar surface area (TPSA) is 33.2 Å². The Morgan fingerprint density at radius 2 is 2.11 bits per heavy atom. The highest BCUT2D eigenvalue weighted by Gasteiger charge is 2.25. The SMILES string of the molecule is CC1(C)CCCN(C(=O)c2cncc(Br)c2)CC1. The zero-order valence-corrected chi connectivity index (χ0v) is 12.5. The van der Waals surface area contributed by atoms with Crippen LogP contribution in [0.2, 0.25) is 0 Å². The molecule has 18 heavy (non-hydrogen) atoms. The lowest BCUT2D eigenvalue weighted by atomic mass is 9.85. The maximum absolute atomic E-state index is 12.4.